The van der Waals surface area contributed by atoms with Crippen molar-refractivity contribution in [1.29, 1.82) is 0 Å². The van der Waals surface area contributed by atoms with Gasteiger partial charge >= 0.3 is 0 Å². The van der Waals surface area contributed by atoms with Crippen LogP contribution in [0.5, 0.6) is 5.75 Å². The van der Waals surface area contributed by atoms with E-state index in [1.807, 2.05) is 26.0 Å². The van der Waals surface area contributed by atoms with E-state index in [9.17, 15) is 9.59 Å². The minimum absolute atomic E-state index is 0.156. The number of benzene rings is 2. The van der Waals surface area contributed by atoms with Gasteiger partial charge in [0, 0.05) is 10.7 Å². The maximum Gasteiger partial charge on any atom is 0.237 e. The zero-order chi connectivity index (χ0) is 19.8. The van der Waals surface area contributed by atoms with Gasteiger partial charge in [-0.3, -0.25) is 9.59 Å². The summed E-state index contributed by atoms with van der Waals surface area (Å²) in [4.78, 5) is 24.6. The average Bonchev–Trinajstić information content (AvgIpc) is 2.65. The molecule has 0 aliphatic rings. The van der Waals surface area contributed by atoms with Gasteiger partial charge in [0.05, 0.1) is 23.3 Å². The normalized spacial score (nSPS) is 11.6. The van der Waals surface area contributed by atoms with Crippen molar-refractivity contribution < 1.29 is 14.3 Å². The highest BCUT2D eigenvalue weighted by Crippen LogP contribution is 2.25. The molecule has 7 heteroatoms. The third-order valence-corrected chi connectivity index (χ3v) is 5.37. The zero-order valence-electron chi connectivity index (χ0n) is 15.5. The molecule has 0 aromatic heterocycles. The van der Waals surface area contributed by atoms with Crippen LogP contribution in [0.4, 0.5) is 11.4 Å². The molecule has 2 aromatic carbocycles. The lowest BCUT2D eigenvalue weighted by Crippen LogP contribution is -2.25. The van der Waals surface area contributed by atoms with Gasteiger partial charge in [-0.05, 0) is 50.6 Å². The quantitative estimate of drug-likeness (QED) is 0.664. The summed E-state index contributed by atoms with van der Waals surface area (Å²) in [6.45, 7) is 6.01. The van der Waals surface area contributed by atoms with E-state index in [2.05, 4.69) is 10.6 Å². The first-order valence-corrected chi connectivity index (χ1v) is 10.0. The summed E-state index contributed by atoms with van der Waals surface area (Å²) < 4.78 is 5.49. The van der Waals surface area contributed by atoms with E-state index in [0.717, 1.165) is 5.56 Å². The van der Waals surface area contributed by atoms with Crippen LogP contribution >= 0.6 is 23.4 Å². The van der Waals surface area contributed by atoms with E-state index in [-0.39, 0.29) is 17.6 Å². The number of carbonyl (C=O) groups excluding carboxylic acids is 2. The van der Waals surface area contributed by atoms with E-state index in [1.54, 1.807) is 37.3 Å². The fourth-order valence-corrected chi connectivity index (χ4v) is 3.15. The Morgan fingerprint density at radius 1 is 1.11 bits per heavy atom. The number of anilines is 2. The molecule has 2 amide bonds. The zero-order valence-corrected chi connectivity index (χ0v) is 17.1. The van der Waals surface area contributed by atoms with Gasteiger partial charge in [0.1, 0.15) is 5.75 Å². The van der Waals surface area contributed by atoms with Crippen molar-refractivity contribution >= 4 is 46.6 Å². The number of para-hydroxylation sites is 2. The van der Waals surface area contributed by atoms with Crippen molar-refractivity contribution in [2.45, 2.75) is 26.0 Å². The maximum atomic E-state index is 12.4. The van der Waals surface area contributed by atoms with Gasteiger partial charge in [-0.25, -0.2) is 0 Å². The first-order chi connectivity index (χ1) is 12.9. The number of hydrogen-bond acceptors (Lipinski definition) is 4. The lowest BCUT2D eigenvalue weighted by molar-refractivity contribution is -0.115. The SMILES string of the molecule is CCOc1ccccc1NC(=O)CS[C@H](C)C(=O)Nc1cccc(Cl)c1C. The molecule has 0 bridgehead atoms. The van der Waals surface area contributed by atoms with Gasteiger partial charge in [-0.2, -0.15) is 0 Å². The summed E-state index contributed by atoms with van der Waals surface area (Å²) >= 11 is 7.33. The van der Waals surface area contributed by atoms with Crippen LogP contribution in [0.1, 0.15) is 19.4 Å². The van der Waals surface area contributed by atoms with Gasteiger partial charge in [0.2, 0.25) is 11.8 Å². The average molecular weight is 407 g/mol. The van der Waals surface area contributed by atoms with E-state index < -0.39 is 5.25 Å². The summed E-state index contributed by atoms with van der Waals surface area (Å²) in [5.41, 5.74) is 2.11. The van der Waals surface area contributed by atoms with Crippen LogP contribution in [0.3, 0.4) is 0 Å². The Balaban J connectivity index is 1.87. The fourth-order valence-electron chi connectivity index (χ4n) is 2.29. The molecule has 2 N–H and O–H groups in total. The van der Waals surface area contributed by atoms with E-state index in [0.29, 0.717) is 28.8 Å². The minimum atomic E-state index is -0.392. The molecule has 0 aliphatic carbocycles. The fraction of sp³-hybridized carbons (Fsp3) is 0.300. The molecule has 0 saturated carbocycles. The van der Waals surface area contributed by atoms with Gasteiger partial charge in [-0.1, -0.05) is 29.8 Å². The Morgan fingerprint density at radius 3 is 2.56 bits per heavy atom. The molecule has 144 valence electrons. The van der Waals surface area contributed by atoms with Crippen LogP contribution in [-0.4, -0.2) is 29.4 Å². The van der Waals surface area contributed by atoms with Crippen LogP contribution in [0, 0.1) is 6.92 Å². The van der Waals surface area contributed by atoms with Gasteiger partial charge in [-0.15, -0.1) is 11.8 Å². The minimum Gasteiger partial charge on any atom is -0.492 e. The molecule has 0 spiro atoms. The van der Waals surface area contributed by atoms with Gasteiger partial charge in [0.15, 0.2) is 0 Å². The van der Waals surface area contributed by atoms with Gasteiger partial charge in [0.25, 0.3) is 0 Å². The monoisotopic (exact) mass is 406 g/mol. The Hall–Kier alpha value is -2.18. The third-order valence-electron chi connectivity index (χ3n) is 3.82. The van der Waals surface area contributed by atoms with Crippen molar-refractivity contribution in [2.24, 2.45) is 0 Å². The molecule has 27 heavy (non-hydrogen) atoms. The molecule has 0 fully saturated rings. The summed E-state index contributed by atoms with van der Waals surface area (Å²) in [5.74, 6) is 0.419. The molecule has 0 aliphatic heterocycles. The number of nitrogens with one attached hydrogen (secondary N) is 2. The third kappa shape index (κ3) is 6.19. The van der Waals surface area contributed by atoms with Crippen molar-refractivity contribution in [3.05, 3.63) is 53.1 Å². The Kier molecular flexibility index (Phi) is 8.00. The Labute approximate surface area is 168 Å². The maximum absolute atomic E-state index is 12.4. The highest BCUT2D eigenvalue weighted by molar-refractivity contribution is 8.01. The van der Waals surface area contributed by atoms with Crippen LogP contribution < -0.4 is 15.4 Å². The van der Waals surface area contributed by atoms with Crippen molar-refractivity contribution in [3.63, 3.8) is 0 Å². The molecule has 5 nitrogen and oxygen atoms in total. The molecule has 2 rings (SSSR count). The number of halogens is 1. The topological polar surface area (TPSA) is 67.4 Å². The number of thioether (sulfide) groups is 1. The van der Waals surface area contributed by atoms with Crippen molar-refractivity contribution in [2.75, 3.05) is 23.0 Å². The van der Waals surface area contributed by atoms with E-state index in [1.165, 1.54) is 11.8 Å². The second-order valence-corrected chi connectivity index (χ2v) is 7.57. The van der Waals surface area contributed by atoms with Crippen LogP contribution in [0.25, 0.3) is 0 Å². The largest absolute Gasteiger partial charge is 0.492 e. The summed E-state index contributed by atoms with van der Waals surface area (Å²) in [6, 6.07) is 12.6. The summed E-state index contributed by atoms with van der Waals surface area (Å²) in [7, 11) is 0. The van der Waals surface area contributed by atoms with Crippen LogP contribution in [0.15, 0.2) is 42.5 Å². The lowest BCUT2D eigenvalue weighted by Gasteiger charge is -2.15. The molecular formula is C20H23ClN2O3S. The lowest BCUT2D eigenvalue weighted by atomic mass is 10.2. The first-order valence-electron chi connectivity index (χ1n) is 8.61. The van der Waals surface area contributed by atoms with Crippen LogP contribution in [-0.2, 0) is 9.59 Å². The molecule has 0 radical (unpaired) electrons. The molecule has 2 aromatic rings. The Bertz CT molecular complexity index is 814. The molecule has 0 unspecified atom stereocenters. The summed E-state index contributed by atoms with van der Waals surface area (Å²) in [6.07, 6.45) is 0. The number of ether oxygens (including phenoxy) is 1. The number of hydrogen-bond donors (Lipinski definition) is 2. The molecule has 0 heterocycles. The highest BCUT2D eigenvalue weighted by Gasteiger charge is 2.17. The smallest absolute Gasteiger partial charge is 0.237 e. The van der Waals surface area contributed by atoms with E-state index >= 15 is 0 Å². The highest BCUT2D eigenvalue weighted by atomic mass is 35.5. The van der Waals surface area contributed by atoms with Crippen molar-refractivity contribution in [1.82, 2.24) is 0 Å². The van der Waals surface area contributed by atoms with Gasteiger partial charge < -0.3 is 15.4 Å². The number of carbonyl (C=O) groups is 2. The molecule has 1 atom stereocenters. The second-order valence-electron chi connectivity index (χ2n) is 5.83. The summed E-state index contributed by atoms with van der Waals surface area (Å²) in [5, 5.41) is 5.88. The predicted molar refractivity (Wildman–Crippen MR) is 113 cm³/mol. The van der Waals surface area contributed by atoms with Crippen molar-refractivity contribution in [3.8, 4) is 5.75 Å². The van der Waals surface area contributed by atoms with E-state index in [4.69, 9.17) is 16.3 Å². The predicted octanol–water partition coefficient (Wildman–Crippen LogP) is 4.75. The van der Waals surface area contributed by atoms with Crippen LogP contribution in [0.2, 0.25) is 5.02 Å². The Morgan fingerprint density at radius 2 is 1.81 bits per heavy atom. The standard InChI is InChI=1S/C20H23ClN2O3S/c1-4-26-18-11-6-5-9-17(18)22-19(24)12-27-14(3)20(25)23-16-10-7-8-15(21)13(16)2/h5-11,14H,4,12H2,1-3H3,(H,22,24)(H,23,25)/t14-/m1/s1. The molecule has 0 saturated heterocycles. The number of rotatable bonds is 8. The number of amides is 2. The molecular weight excluding hydrogens is 384 g/mol. The first kappa shape index (κ1) is 21.1. The second kappa shape index (κ2) is 10.2.